The molecule has 0 N–H and O–H groups in total. The summed E-state index contributed by atoms with van der Waals surface area (Å²) in [6, 6.07) is 9.97. The summed E-state index contributed by atoms with van der Waals surface area (Å²) in [4.78, 5) is 0. The number of hydrogen-bond acceptors (Lipinski definition) is 1. The average molecular weight is 182 g/mol. The SMILES string of the molecule is C=C=Cc1cnn(-c2ccccc2)c1. The fourth-order valence-electron chi connectivity index (χ4n) is 1.25. The maximum Gasteiger partial charge on any atom is 0.0645 e. The second kappa shape index (κ2) is 3.77. The van der Waals surface area contributed by atoms with Crippen LogP contribution in [0.25, 0.3) is 11.8 Å². The molecule has 0 fully saturated rings. The third kappa shape index (κ3) is 1.65. The van der Waals surface area contributed by atoms with Gasteiger partial charge in [-0.2, -0.15) is 5.10 Å². The molecule has 0 spiro atoms. The van der Waals surface area contributed by atoms with Crippen molar-refractivity contribution in [3.63, 3.8) is 0 Å². The minimum absolute atomic E-state index is 1.00. The first-order chi connectivity index (χ1) is 6.90. The zero-order valence-electron chi connectivity index (χ0n) is 7.72. The summed E-state index contributed by atoms with van der Waals surface area (Å²) in [6.45, 7) is 3.52. The molecule has 14 heavy (non-hydrogen) atoms. The topological polar surface area (TPSA) is 17.8 Å². The van der Waals surface area contributed by atoms with E-state index < -0.39 is 0 Å². The van der Waals surface area contributed by atoms with E-state index in [-0.39, 0.29) is 0 Å². The van der Waals surface area contributed by atoms with Crippen molar-refractivity contribution in [2.24, 2.45) is 0 Å². The zero-order chi connectivity index (χ0) is 9.80. The molecule has 0 saturated heterocycles. The van der Waals surface area contributed by atoms with E-state index in [9.17, 15) is 0 Å². The minimum atomic E-state index is 1.00. The van der Waals surface area contributed by atoms with Gasteiger partial charge in [0.05, 0.1) is 11.9 Å². The zero-order valence-corrected chi connectivity index (χ0v) is 7.72. The van der Waals surface area contributed by atoms with Crippen LogP contribution < -0.4 is 0 Å². The van der Waals surface area contributed by atoms with E-state index in [1.54, 1.807) is 12.3 Å². The van der Waals surface area contributed by atoms with Crippen LogP contribution in [0.1, 0.15) is 5.56 Å². The third-order valence-corrected chi connectivity index (χ3v) is 1.89. The molecular weight excluding hydrogens is 172 g/mol. The minimum Gasteiger partial charge on any atom is -0.240 e. The van der Waals surface area contributed by atoms with Crippen molar-refractivity contribution in [3.05, 3.63) is 60.6 Å². The van der Waals surface area contributed by atoms with Crippen molar-refractivity contribution < 1.29 is 0 Å². The Bertz CT molecular complexity index is 462. The fraction of sp³-hybridized carbons (Fsp3) is 0. The van der Waals surface area contributed by atoms with Gasteiger partial charge in [-0.1, -0.05) is 24.8 Å². The summed E-state index contributed by atoms with van der Waals surface area (Å²) in [5, 5.41) is 4.22. The normalized spacial score (nSPS) is 9.43. The maximum absolute atomic E-state index is 4.22. The maximum atomic E-state index is 4.22. The average Bonchev–Trinajstić information content (AvgIpc) is 2.68. The summed E-state index contributed by atoms with van der Waals surface area (Å²) >= 11 is 0. The summed E-state index contributed by atoms with van der Waals surface area (Å²) in [7, 11) is 0. The van der Waals surface area contributed by atoms with Crippen molar-refractivity contribution in [3.8, 4) is 5.69 Å². The first-order valence-corrected chi connectivity index (χ1v) is 4.36. The van der Waals surface area contributed by atoms with Gasteiger partial charge in [0.1, 0.15) is 0 Å². The highest BCUT2D eigenvalue weighted by atomic mass is 15.3. The Morgan fingerprint density at radius 3 is 2.79 bits per heavy atom. The smallest absolute Gasteiger partial charge is 0.0645 e. The Morgan fingerprint density at radius 2 is 2.07 bits per heavy atom. The van der Waals surface area contributed by atoms with Crippen molar-refractivity contribution in [1.29, 1.82) is 0 Å². The van der Waals surface area contributed by atoms with E-state index in [1.165, 1.54) is 0 Å². The van der Waals surface area contributed by atoms with Gasteiger partial charge in [-0.25, -0.2) is 4.68 Å². The number of para-hydroxylation sites is 1. The molecule has 0 atom stereocenters. The Labute approximate surface area is 82.8 Å². The lowest BCUT2D eigenvalue weighted by molar-refractivity contribution is 0.880. The van der Waals surface area contributed by atoms with Crippen LogP contribution in [-0.4, -0.2) is 9.78 Å². The number of rotatable bonds is 2. The van der Waals surface area contributed by atoms with Gasteiger partial charge in [0.25, 0.3) is 0 Å². The molecule has 2 nitrogen and oxygen atoms in total. The van der Waals surface area contributed by atoms with Crippen LogP contribution in [0, 0.1) is 0 Å². The van der Waals surface area contributed by atoms with Crippen molar-refractivity contribution >= 4 is 6.08 Å². The van der Waals surface area contributed by atoms with Gasteiger partial charge in [-0.15, -0.1) is 5.73 Å². The highest BCUT2D eigenvalue weighted by Gasteiger charge is 1.96. The van der Waals surface area contributed by atoms with Crippen LogP contribution in [0.5, 0.6) is 0 Å². The van der Waals surface area contributed by atoms with Crippen LogP contribution in [0.3, 0.4) is 0 Å². The molecule has 0 aliphatic carbocycles. The summed E-state index contributed by atoms with van der Waals surface area (Å²) < 4.78 is 1.82. The second-order valence-corrected chi connectivity index (χ2v) is 2.90. The summed E-state index contributed by atoms with van der Waals surface area (Å²) in [6.07, 6.45) is 5.52. The van der Waals surface area contributed by atoms with Crippen LogP contribution in [0.4, 0.5) is 0 Å². The summed E-state index contributed by atoms with van der Waals surface area (Å²) in [5.41, 5.74) is 4.78. The predicted octanol–water partition coefficient (Wildman–Crippen LogP) is 2.67. The number of benzene rings is 1. The van der Waals surface area contributed by atoms with Gasteiger partial charge in [0.15, 0.2) is 0 Å². The first-order valence-electron chi connectivity index (χ1n) is 4.36. The van der Waals surface area contributed by atoms with E-state index >= 15 is 0 Å². The molecule has 68 valence electrons. The molecule has 2 heteroatoms. The molecule has 0 saturated carbocycles. The largest absolute Gasteiger partial charge is 0.240 e. The van der Waals surface area contributed by atoms with Crippen LogP contribution in [0.15, 0.2) is 55.0 Å². The highest BCUT2D eigenvalue weighted by Crippen LogP contribution is 2.07. The molecule has 0 unspecified atom stereocenters. The molecule has 0 radical (unpaired) electrons. The molecule has 1 aromatic heterocycles. The number of nitrogens with zero attached hydrogens (tertiary/aromatic N) is 2. The fourth-order valence-corrected chi connectivity index (χ4v) is 1.25. The van der Waals surface area contributed by atoms with E-state index in [2.05, 4.69) is 17.4 Å². The lowest BCUT2D eigenvalue weighted by atomic mass is 10.3. The van der Waals surface area contributed by atoms with Gasteiger partial charge >= 0.3 is 0 Å². The quantitative estimate of drug-likeness (QED) is 0.653. The van der Waals surface area contributed by atoms with Crippen molar-refractivity contribution in [1.82, 2.24) is 9.78 Å². The van der Waals surface area contributed by atoms with Crippen molar-refractivity contribution in [2.75, 3.05) is 0 Å². The molecule has 0 aliphatic heterocycles. The monoisotopic (exact) mass is 182 g/mol. The predicted molar refractivity (Wildman–Crippen MR) is 57.2 cm³/mol. The van der Waals surface area contributed by atoms with Crippen LogP contribution in [0.2, 0.25) is 0 Å². The third-order valence-electron chi connectivity index (χ3n) is 1.89. The Balaban J connectivity index is 2.39. The molecule has 1 aromatic carbocycles. The van der Waals surface area contributed by atoms with Gasteiger partial charge < -0.3 is 0 Å². The van der Waals surface area contributed by atoms with Crippen LogP contribution >= 0.6 is 0 Å². The molecule has 2 aromatic rings. The van der Waals surface area contributed by atoms with E-state index in [1.807, 2.05) is 41.2 Å². The molecule has 2 rings (SSSR count). The molecule has 0 amide bonds. The van der Waals surface area contributed by atoms with Gasteiger partial charge in [0, 0.05) is 11.8 Å². The van der Waals surface area contributed by atoms with Crippen molar-refractivity contribution in [2.45, 2.75) is 0 Å². The molecule has 1 heterocycles. The Morgan fingerprint density at radius 1 is 1.29 bits per heavy atom. The highest BCUT2D eigenvalue weighted by molar-refractivity contribution is 5.46. The number of aromatic nitrogens is 2. The first kappa shape index (κ1) is 8.54. The lowest BCUT2D eigenvalue weighted by Crippen LogP contribution is -1.92. The van der Waals surface area contributed by atoms with Gasteiger partial charge in [-0.3, -0.25) is 0 Å². The van der Waals surface area contributed by atoms with E-state index in [4.69, 9.17) is 0 Å². The second-order valence-electron chi connectivity index (χ2n) is 2.90. The molecule has 0 bridgehead atoms. The van der Waals surface area contributed by atoms with Gasteiger partial charge in [-0.05, 0) is 18.2 Å². The van der Waals surface area contributed by atoms with E-state index in [0.717, 1.165) is 11.3 Å². The van der Waals surface area contributed by atoms with E-state index in [0.29, 0.717) is 0 Å². The van der Waals surface area contributed by atoms with Gasteiger partial charge in [0.2, 0.25) is 0 Å². The Hall–Kier alpha value is -2.05. The lowest BCUT2D eigenvalue weighted by Gasteiger charge is -1.98. The number of hydrogen-bond donors (Lipinski definition) is 0. The summed E-state index contributed by atoms with van der Waals surface area (Å²) in [5.74, 6) is 0. The molecule has 0 aliphatic rings. The Kier molecular flexibility index (Phi) is 2.30. The standard InChI is InChI=1S/C12H10N2/c1-2-6-11-9-13-14(10-11)12-7-4-3-5-8-12/h3-10H,1H2. The van der Waals surface area contributed by atoms with Crippen LogP contribution in [-0.2, 0) is 0 Å². The molecular formula is C12H10N2.